The van der Waals surface area contributed by atoms with E-state index in [-0.39, 0.29) is 17.9 Å². The number of nitrogens with two attached hydrogens (primary N) is 1. The molecule has 0 aliphatic heterocycles. The number of aromatic carboxylic acids is 1. The third-order valence-electron chi connectivity index (χ3n) is 2.52. The third kappa shape index (κ3) is 1.58. The Labute approximate surface area is 102 Å². The highest BCUT2D eigenvalue weighted by Gasteiger charge is 2.20. The van der Waals surface area contributed by atoms with Crippen LogP contribution in [0.2, 0.25) is 0 Å². The lowest BCUT2D eigenvalue weighted by atomic mass is 10.1. The molecule has 0 aromatic carbocycles. The molecule has 0 saturated carbocycles. The van der Waals surface area contributed by atoms with Crippen molar-refractivity contribution in [2.45, 2.75) is 6.54 Å². The standard InChI is InChI=1S/C12H9N3O3/c1-2-6-15-10-7(4-3-5-14-10)9(13)8(11(15)16)12(17)18/h1,3-5H,6,13H2,(H,17,18). The fraction of sp³-hybridized carbons (Fsp3) is 0.0833. The minimum Gasteiger partial charge on any atom is -0.477 e. The molecule has 6 nitrogen and oxygen atoms in total. The van der Waals surface area contributed by atoms with Gasteiger partial charge in [0, 0.05) is 11.6 Å². The van der Waals surface area contributed by atoms with Crippen molar-refractivity contribution in [1.29, 1.82) is 0 Å². The van der Waals surface area contributed by atoms with E-state index in [1.54, 1.807) is 12.1 Å². The highest BCUT2D eigenvalue weighted by atomic mass is 16.4. The topological polar surface area (TPSA) is 98.2 Å². The van der Waals surface area contributed by atoms with Crippen molar-refractivity contribution in [2.75, 3.05) is 5.73 Å². The fourth-order valence-electron chi connectivity index (χ4n) is 1.75. The van der Waals surface area contributed by atoms with Crippen molar-refractivity contribution >= 4 is 22.7 Å². The molecule has 0 spiro atoms. The Morgan fingerprint density at radius 2 is 2.33 bits per heavy atom. The van der Waals surface area contributed by atoms with Crippen molar-refractivity contribution in [2.24, 2.45) is 0 Å². The largest absolute Gasteiger partial charge is 0.477 e. The van der Waals surface area contributed by atoms with Gasteiger partial charge in [-0.05, 0) is 12.1 Å². The van der Waals surface area contributed by atoms with E-state index in [4.69, 9.17) is 17.3 Å². The van der Waals surface area contributed by atoms with E-state index in [1.807, 2.05) is 0 Å². The van der Waals surface area contributed by atoms with Gasteiger partial charge < -0.3 is 10.8 Å². The molecule has 0 fully saturated rings. The zero-order valence-corrected chi connectivity index (χ0v) is 9.25. The van der Waals surface area contributed by atoms with Gasteiger partial charge in [0.15, 0.2) is 0 Å². The van der Waals surface area contributed by atoms with Gasteiger partial charge in [-0.15, -0.1) is 6.42 Å². The number of carboxylic acids is 1. The number of hydrogen-bond donors (Lipinski definition) is 2. The lowest BCUT2D eigenvalue weighted by molar-refractivity contribution is 0.0696. The van der Waals surface area contributed by atoms with Crippen LogP contribution in [-0.4, -0.2) is 20.6 Å². The van der Waals surface area contributed by atoms with Crippen LogP contribution in [0.15, 0.2) is 23.1 Å². The van der Waals surface area contributed by atoms with Crippen LogP contribution in [0.5, 0.6) is 0 Å². The number of carbonyl (C=O) groups is 1. The molecule has 0 saturated heterocycles. The second-order valence-electron chi connectivity index (χ2n) is 3.56. The van der Waals surface area contributed by atoms with Crippen molar-refractivity contribution in [3.05, 3.63) is 34.2 Å². The minimum absolute atomic E-state index is 0.0626. The Morgan fingerprint density at radius 3 is 2.94 bits per heavy atom. The molecule has 0 aliphatic rings. The Kier molecular flexibility index (Phi) is 2.73. The number of aromatic nitrogens is 2. The monoisotopic (exact) mass is 243 g/mol. The summed E-state index contributed by atoms with van der Waals surface area (Å²) >= 11 is 0. The van der Waals surface area contributed by atoms with E-state index in [1.165, 1.54) is 6.20 Å². The highest BCUT2D eigenvalue weighted by Crippen LogP contribution is 2.20. The van der Waals surface area contributed by atoms with Crippen molar-refractivity contribution < 1.29 is 9.90 Å². The van der Waals surface area contributed by atoms with Crippen LogP contribution >= 0.6 is 0 Å². The first-order chi connectivity index (χ1) is 8.57. The van der Waals surface area contributed by atoms with Crippen LogP contribution in [0.4, 0.5) is 5.69 Å². The summed E-state index contributed by atoms with van der Waals surface area (Å²) in [5, 5.41) is 9.43. The maximum Gasteiger partial charge on any atom is 0.343 e. The predicted octanol–water partition coefficient (Wildman–Crippen LogP) is 0.310. The zero-order valence-electron chi connectivity index (χ0n) is 9.25. The third-order valence-corrected chi connectivity index (χ3v) is 2.52. The molecule has 3 N–H and O–H groups in total. The zero-order chi connectivity index (χ0) is 13.3. The average Bonchev–Trinajstić information content (AvgIpc) is 2.34. The summed E-state index contributed by atoms with van der Waals surface area (Å²) in [5.41, 5.74) is 4.66. The summed E-state index contributed by atoms with van der Waals surface area (Å²) in [6, 6.07) is 3.20. The molecule has 0 amide bonds. The van der Waals surface area contributed by atoms with Crippen LogP contribution in [0.3, 0.4) is 0 Å². The first kappa shape index (κ1) is 11.7. The van der Waals surface area contributed by atoms with Crippen molar-refractivity contribution in [3.63, 3.8) is 0 Å². The Hall–Kier alpha value is -2.81. The van der Waals surface area contributed by atoms with E-state index in [0.717, 1.165) is 4.57 Å². The number of pyridine rings is 2. The predicted molar refractivity (Wildman–Crippen MR) is 66.2 cm³/mol. The number of hydrogen-bond acceptors (Lipinski definition) is 4. The summed E-state index contributed by atoms with van der Waals surface area (Å²) in [6.07, 6.45) is 6.65. The molecule has 6 heteroatoms. The van der Waals surface area contributed by atoms with E-state index in [2.05, 4.69) is 10.9 Å². The van der Waals surface area contributed by atoms with Gasteiger partial charge in [-0.2, -0.15) is 0 Å². The lowest BCUT2D eigenvalue weighted by Crippen LogP contribution is -2.28. The SMILES string of the molecule is C#CCn1c(=O)c(C(=O)O)c(N)c2cccnc21. The molecular formula is C12H9N3O3. The quantitative estimate of drug-likeness (QED) is 0.739. The van der Waals surface area contributed by atoms with Crippen LogP contribution in [0.1, 0.15) is 10.4 Å². The highest BCUT2D eigenvalue weighted by molar-refractivity contribution is 6.02. The van der Waals surface area contributed by atoms with E-state index < -0.39 is 17.1 Å². The Balaban J connectivity index is 3.02. The molecule has 0 unspecified atom stereocenters. The van der Waals surface area contributed by atoms with Crippen LogP contribution in [0.25, 0.3) is 11.0 Å². The molecule has 0 aliphatic carbocycles. The lowest BCUT2D eigenvalue weighted by Gasteiger charge is -2.10. The van der Waals surface area contributed by atoms with Crippen LogP contribution in [0, 0.1) is 12.3 Å². The van der Waals surface area contributed by atoms with E-state index in [0.29, 0.717) is 5.39 Å². The van der Waals surface area contributed by atoms with Gasteiger partial charge in [-0.1, -0.05) is 5.92 Å². The molecule has 90 valence electrons. The van der Waals surface area contributed by atoms with Gasteiger partial charge >= 0.3 is 5.97 Å². The van der Waals surface area contributed by atoms with E-state index >= 15 is 0 Å². The first-order valence-electron chi connectivity index (χ1n) is 5.01. The second kappa shape index (κ2) is 4.22. The minimum atomic E-state index is -1.38. The van der Waals surface area contributed by atoms with Gasteiger partial charge in [0.2, 0.25) is 0 Å². The molecular weight excluding hydrogens is 234 g/mol. The molecule has 0 bridgehead atoms. The number of carboxylic acid groups (broad SMARTS) is 1. The number of nitrogens with zero attached hydrogens (tertiary/aromatic N) is 2. The number of nitrogen functional groups attached to an aromatic ring is 1. The normalized spacial score (nSPS) is 10.2. The van der Waals surface area contributed by atoms with Gasteiger partial charge in [-0.3, -0.25) is 9.36 Å². The summed E-state index contributed by atoms with van der Waals surface area (Å²) in [7, 11) is 0. The molecule has 2 heterocycles. The smallest absolute Gasteiger partial charge is 0.343 e. The fourth-order valence-corrected chi connectivity index (χ4v) is 1.75. The first-order valence-corrected chi connectivity index (χ1v) is 5.01. The van der Waals surface area contributed by atoms with Crippen molar-refractivity contribution in [3.8, 4) is 12.3 Å². The van der Waals surface area contributed by atoms with E-state index in [9.17, 15) is 9.59 Å². The number of fused-ring (bicyclic) bond motifs is 1. The van der Waals surface area contributed by atoms with Gasteiger partial charge in [-0.25, -0.2) is 9.78 Å². The molecule has 2 rings (SSSR count). The summed E-state index contributed by atoms with van der Waals surface area (Å²) in [5.74, 6) is 0.911. The molecule has 0 atom stereocenters. The van der Waals surface area contributed by atoms with Crippen molar-refractivity contribution in [1.82, 2.24) is 9.55 Å². The van der Waals surface area contributed by atoms with Gasteiger partial charge in [0.1, 0.15) is 11.2 Å². The summed E-state index contributed by atoms with van der Waals surface area (Å²) in [6.45, 7) is -0.0626. The average molecular weight is 243 g/mol. The Bertz CT molecular complexity index is 741. The van der Waals surface area contributed by atoms with Crippen LogP contribution < -0.4 is 11.3 Å². The van der Waals surface area contributed by atoms with Gasteiger partial charge in [0.05, 0.1) is 12.2 Å². The molecule has 2 aromatic rings. The molecule has 0 radical (unpaired) electrons. The number of rotatable bonds is 2. The summed E-state index contributed by atoms with van der Waals surface area (Å²) in [4.78, 5) is 27.1. The molecule has 2 aromatic heterocycles. The summed E-state index contributed by atoms with van der Waals surface area (Å²) < 4.78 is 1.12. The Morgan fingerprint density at radius 1 is 1.61 bits per heavy atom. The van der Waals surface area contributed by atoms with Gasteiger partial charge in [0.25, 0.3) is 5.56 Å². The second-order valence-corrected chi connectivity index (χ2v) is 3.56. The number of terminal acetylenes is 1. The molecule has 18 heavy (non-hydrogen) atoms. The number of anilines is 1. The maximum absolute atomic E-state index is 12.0. The maximum atomic E-state index is 12.0. The van der Waals surface area contributed by atoms with Crippen LogP contribution in [-0.2, 0) is 6.54 Å².